The van der Waals surface area contributed by atoms with Gasteiger partial charge in [0.1, 0.15) is 55.3 Å². The summed E-state index contributed by atoms with van der Waals surface area (Å²) in [6, 6.07) is -6.80. The zero-order valence-electron chi connectivity index (χ0n) is 37.8. The summed E-state index contributed by atoms with van der Waals surface area (Å²) in [7, 11) is 0. The van der Waals surface area contributed by atoms with E-state index in [0.29, 0.717) is 0 Å². The van der Waals surface area contributed by atoms with E-state index in [-0.39, 0.29) is 0 Å². The number of carbonyl (C=O) groups is 6. The maximum absolute atomic E-state index is 16.4. The number of ether oxygens (including phenoxy) is 12. The fraction of sp³-hybridized carbons (Fsp3) is 0.829. The third-order valence-corrected chi connectivity index (χ3v) is 10.5. The van der Waals surface area contributed by atoms with E-state index in [2.05, 4.69) is 50.1 Å². The summed E-state index contributed by atoms with van der Waals surface area (Å²) in [6.07, 6.45) is -27.6. The first-order valence-electron chi connectivity index (χ1n) is 20.8. The van der Waals surface area contributed by atoms with Crippen molar-refractivity contribution in [2.24, 2.45) is 31.3 Å². The highest BCUT2D eigenvalue weighted by Gasteiger charge is 2.59. The number of hydrogen-bond donors (Lipinski definition) is 1. The number of alkyl halides is 1. The second-order valence-electron chi connectivity index (χ2n) is 15.4. The molecule has 34 nitrogen and oxygen atoms in total. The van der Waals surface area contributed by atoms with E-state index in [9.17, 15) is 50.9 Å². The molecule has 0 aromatic carbocycles. The van der Waals surface area contributed by atoms with Gasteiger partial charge >= 0.3 is 35.8 Å². The first kappa shape index (κ1) is 55.6. The van der Waals surface area contributed by atoms with Crippen LogP contribution in [0.3, 0.4) is 0 Å². The van der Waals surface area contributed by atoms with Crippen LogP contribution in [0.15, 0.2) is 25.6 Å². The lowest BCUT2D eigenvalue weighted by Crippen LogP contribution is -2.64. The monoisotopic (exact) mass is 998 g/mol. The van der Waals surface area contributed by atoms with Crippen LogP contribution < -0.4 is 5.73 Å². The summed E-state index contributed by atoms with van der Waals surface area (Å²) in [4.78, 5) is 88.1. The van der Waals surface area contributed by atoms with E-state index < -0.39 is 178 Å². The molecule has 4 fully saturated rings. The van der Waals surface area contributed by atoms with Gasteiger partial charge in [0.15, 0.2) is 49.5 Å². The van der Waals surface area contributed by atoms with Gasteiger partial charge < -0.3 is 62.6 Å². The van der Waals surface area contributed by atoms with Crippen LogP contribution in [0.25, 0.3) is 52.2 Å². The van der Waals surface area contributed by atoms with Crippen LogP contribution in [0.5, 0.6) is 0 Å². The number of carbonyl (C=O) groups excluding carboxylic acids is 6. The molecule has 4 aliphatic rings. The summed E-state index contributed by atoms with van der Waals surface area (Å²) in [5.41, 5.74) is 53.5. The normalized spacial score (nSPS) is 35.5. The fourth-order valence-corrected chi connectivity index (χ4v) is 8.04. The molecule has 3 saturated heterocycles. The zero-order chi connectivity index (χ0) is 51.8. The maximum Gasteiger partial charge on any atom is 0.303 e. The number of azide groups is 5. The van der Waals surface area contributed by atoms with E-state index in [4.69, 9.17) is 68.1 Å². The number of nitrogens with zero attached hydrogens (tertiary/aromatic N) is 15. The second kappa shape index (κ2) is 26.1. The number of hydrogen-bond acceptors (Lipinski definition) is 24. The summed E-state index contributed by atoms with van der Waals surface area (Å²) in [5.74, 6) is -5.77. The second-order valence-corrected chi connectivity index (χ2v) is 15.4. The predicted molar refractivity (Wildman–Crippen MR) is 219 cm³/mol. The average Bonchev–Trinajstić information content (AvgIpc) is 3.58. The molecule has 0 bridgehead atoms. The predicted octanol–water partition coefficient (Wildman–Crippen LogP) is 2.26. The van der Waals surface area contributed by atoms with Gasteiger partial charge in [-0.3, -0.25) is 28.8 Å². The highest BCUT2D eigenvalue weighted by Crippen LogP contribution is 2.40. The lowest BCUT2D eigenvalue weighted by molar-refractivity contribution is -0.304. The Hall–Kier alpha value is -6.98. The van der Waals surface area contributed by atoms with Gasteiger partial charge in [0.05, 0.1) is 24.7 Å². The van der Waals surface area contributed by atoms with Crippen LogP contribution >= 0.6 is 0 Å². The molecule has 0 amide bonds. The van der Waals surface area contributed by atoms with Crippen molar-refractivity contribution in [2.75, 3.05) is 19.7 Å². The van der Waals surface area contributed by atoms with Crippen molar-refractivity contribution in [2.45, 2.75) is 164 Å². The lowest BCUT2D eigenvalue weighted by Gasteiger charge is -2.47. The number of rotatable bonds is 20. The standard InChI is InChI=1S/C35H47FN16O18/c1-11(53)59-10-21-29(69-34-24(47-52-42)30(63-15(5)57)28(62-14(4)56)19(8-37)65-34)32(64-16(6)58)35(67-21)70-31-25(60-12(2)54)17(44-49-39)7-18(45-50-40)26(31)68-33-23(46-51-41)22(36)27(61-13(3)55)20(66-33)9-43-48-38/h17-35H,7-10,37H2,1-6H3/t17?,18?,19-,20+,21+,22-,23?,24?,25-,26+,27+,28+,29+,30+,31+,32+,33+,34+,35-/m0/s1. The van der Waals surface area contributed by atoms with Crippen molar-refractivity contribution >= 4 is 35.8 Å². The highest BCUT2D eigenvalue weighted by molar-refractivity contribution is 5.68. The minimum atomic E-state index is -2.44. The average molecular weight is 999 g/mol. The Morgan fingerprint density at radius 2 is 0.971 bits per heavy atom. The van der Waals surface area contributed by atoms with Crippen molar-refractivity contribution in [3.63, 3.8) is 0 Å². The van der Waals surface area contributed by atoms with Gasteiger partial charge in [-0.25, -0.2) is 4.39 Å². The Labute approximate surface area is 393 Å². The van der Waals surface area contributed by atoms with Crippen LogP contribution in [0.2, 0.25) is 0 Å². The minimum absolute atomic E-state index is 0.430. The van der Waals surface area contributed by atoms with E-state index in [1.165, 1.54) is 0 Å². The Morgan fingerprint density at radius 1 is 0.514 bits per heavy atom. The van der Waals surface area contributed by atoms with Crippen molar-refractivity contribution in [3.8, 4) is 0 Å². The molecule has 1 aliphatic carbocycles. The van der Waals surface area contributed by atoms with Gasteiger partial charge in [-0.15, -0.1) is 0 Å². The van der Waals surface area contributed by atoms with Gasteiger partial charge in [0.2, 0.25) is 0 Å². The van der Waals surface area contributed by atoms with Crippen LogP contribution in [-0.2, 0) is 85.6 Å². The molecule has 0 spiro atoms. The minimum Gasteiger partial charge on any atom is -0.463 e. The molecule has 35 heteroatoms. The zero-order valence-corrected chi connectivity index (χ0v) is 37.8. The first-order chi connectivity index (χ1) is 33.3. The van der Waals surface area contributed by atoms with E-state index in [1.807, 2.05) is 0 Å². The van der Waals surface area contributed by atoms with Crippen LogP contribution in [0, 0.1) is 0 Å². The topological polar surface area (TPSA) is 483 Å². The van der Waals surface area contributed by atoms with Gasteiger partial charge in [-0.05, 0) is 34.1 Å². The number of esters is 6. The quantitative estimate of drug-likeness (QED) is 0.0601. The third-order valence-electron chi connectivity index (χ3n) is 10.5. The van der Waals surface area contributed by atoms with Gasteiger partial charge in [0, 0.05) is 72.6 Å². The number of halogens is 1. The van der Waals surface area contributed by atoms with E-state index >= 15 is 4.39 Å². The van der Waals surface area contributed by atoms with Crippen molar-refractivity contribution in [3.05, 3.63) is 52.2 Å². The Balaban J connectivity index is 1.91. The molecule has 19 atom stereocenters. The summed E-state index contributed by atoms with van der Waals surface area (Å²) < 4.78 is 85.8. The Kier molecular flexibility index (Phi) is 20.8. The SMILES string of the molecule is CC(=O)OC[C@H]1O[C@@H](O[C@H]2[C@H](O[C@H]3O[C@H](CN=[N+]=[N-])[C@@H](OC(C)=O)[C@@H](F)C3N=[N+]=[N-])C(N=[N+]=[N-])CC(N=[N+]=[N-])[C@@H]2OC(C)=O)[C@H](OC(C)=O)[C@@H]1O[C@H]1O[C@@H](CN)[C@@H](OC(C)=O)[C@H](OC(C)=O)C1N=[N+]=[N-]. The molecule has 0 radical (unpaired) electrons. The van der Waals surface area contributed by atoms with Gasteiger partial charge in [-0.2, -0.15) is 0 Å². The van der Waals surface area contributed by atoms with Gasteiger partial charge in [-0.1, -0.05) is 25.6 Å². The van der Waals surface area contributed by atoms with Crippen molar-refractivity contribution < 1.29 is 90.0 Å². The molecule has 3 heterocycles. The molecule has 0 aromatic heterocycles. The summed E-state index contributed by atoms with van der Waals surface area (Å²) >= 11 is 0. The van der Waals surface area contributed by atoms with Crippen LogP contribution in [-0.4, -0.2) is 172 Å². The largest absolute Gasteiger partial charge is 0.463 e. The molecule has 1 saturated carbocycles. The molecule has 382 valence electrons. The molecule has 0 aromatic rings. The highest BCUT2D eigenvalue weighted by atomic mass is 19.1. The number of nitrogens with two attached hydrogens (primary N) is 1. The van der Waals surface area contributed by atoms with Crippen molar-refractivity contribution in [1.82, 2.24) is 0 Å². The van der Waals surface area contributed by atoms with Crippen LogP contribution in [0.4, 0.5) is 4.39 Å². The molecule has 2 N–H and O–H groups in total. The third kappa shape index (κ3) is 14.3. The Morgan fingerprint density at radius 3 is 1.51 bits per heavy atom. The molecule has 4 rings (SSSR count). The first-order valence-corrected chi connectivity index (χ1v) is 20.8. The Bertz CT molecular complexity index is 2190. The smallest absolute Gasteiger partial charge is 0.303 e. The molecule has 4 unspecified atom stereocenters. The molecular weight excluding hydrogens is 951 g/mol. The van der Waals surface area contributed by atoms with E-state index in [1.54, 1.807) is 0 Å². The lowest BCUT2D eigenvalue weighted by atomic mass is 9.83. The molecule has 3 aliphatic heterocycles. The molecular formula is C35H47FN16O18. The van der Waals surface area contributed by atoms with Gasteiger partial charge in [0.25, 0.3) is 0 Å². The van der Waals surface area contributed by atoms with E-state index in [0.717, 1.165) is 41.5 Å². The van der Waals surface area contributed by atoms with Crippen molar-refractivity contribution in [1.29, 1.82) is 0 Å². The molecule has 70 heavy (non-hydrogen) atoms. The summed E-state index contributed by atoms with van der Waals surface area (Å²) in [5, 5.41) is 18.0. The summed E-state index contributed by atoms with van der Waals surface area (Å²) in [6.45, 7) is 4.04. The fourth-order valence-electron chi connectivity index (χ4n) is 8.04. The maximum atomic E-state index is 16.4. The van der Waals surface area contributed by atoms with Crippen LogP contribution in [0.1, 0.15) is 48.0 Å².